The van der Waals surface area contributed by atoms with Crippen molar-refractivity contribution in [1.82, 2.24) is 19.7 Å². The highest BCUT2D eigenvalue weighted by atomic mass is 32.1. The van der Waals surface area contributed by atoms with Gasteiger partial charge in [-0.25, -0.2) is 4.98 Å². The van der Waals surface area contributed by atoms with Crippen LogP contribution in [0.5, 0.6) is 11.5 Å². The molecule has 0 aliphatic rings. The van der Waals surface area contributed by atoms with Gasteiger partial charge in [-0.05, 0) is 46.8 Å². The second kappa shape index (κ2) is 7.15. The van der Waals surface area contributed by atoms with E-state index in [2.05, 4.69) is 35.5 Å². The molecule has 0 fully saturated rings. The number of rotatable bonds is 4. The van der Waals surface area contributed by atoms with Crippen LogP contribution in [0.25, 0.3) is 27.2 Å². The van der Waals surface area contributed by atoms with Crippen LogP contribution in [0, 0.1) is 34.6 Å². The molecule has 7 heteroatoms. The Hall–Kier alpha value is -2.93. The number of ether oxygens (including phenoxy) is 2. The van der Waals surface area contributed by atoms with Crippen LogP contribution in [0.3, 0.4) is 0 Å². The number of aromatic nitrogens is 4. The lowest BCUT2D eigenvalue weighted by atomic mass is 10.1. The van der Waals surface area contributed by atoms with Crippen LogP contribution in [0.2, 0.25) is 0 Å². The zero-order valence-corrected chi connectivity index (χ0v) is 18.6. The van der Waals surface area contributed by atoms with Gasteiger partial charge in [0.15, 0.2) is 5.13 Å². The van der Waals surface area contributed by atoms with Gasteiger partial charge >= 0.3 is 0 Å². The third-order valence-corrected chi connectivity index (χ3v) is 6.31. The third kappa shape index (κ3) is 2.97. The molecule has 150 valence electrons. The molecule has 0 spiro atoms. The third-order valence-electron chi connectivity index (χ3n) is 5.36. The predicted octanol–water partition coefficient (Wildman–Crippen LogP) is 5.10. The average molecular weight is 409 g/mol. The molecule has 0 N–H and O–H groups in total. The number of aryl methyl sites for hydroxylation is 5. The topological polar surface area (TPSA) is 62.1 Å². The van der Waals surface area contributed by atoms with Crippen LogP contribution in [-0.2, 0) is 0 Å². The summed E-state index contributed by atoms with van der Waals surface area (Å²) < 4.78 is 13.1. The van der Waals surface area contributed by atoms with E-state index in [0.29, 0.717) is 0 Å². The molecule has 0 saturated heterocycles. The Bertz CT molecular complexity index is 1190. The molecule has 0 aliphatic carbocycles. The van der Waals surface area contributed by atoms with E-state index in [1.165, 1.54) is 0 Å². The quantitative estimate of drug-likeness (QED) is 0.470. The fourth-order valence-electron chi connectivity index (χ4n) is 3.98. The van der Waals surface area contributed by atoms with Gasteiger partial charge < -0.3 is 9.47 Å². The second-order valence-electron chi connectivity index (χ2n) is 7.09. The molecule has 0 saturated carbocycles. The van der Waals surface area contributed by atoms with E-state index in [1.54, 1.807) is 25.6 Å². The molecule has 29 heavy (non-hydrogen) atoms. The van der Waals surface area contributed by atoms with Gasteiger partial charge in [0.2, 0.25) is 0 Å². The number of thiazole rings is 1. The van der Waals surface area contributed by atoms with E-state index in [0.717, 1.165) is 66.3 Å². The highest BCUT2D eigenvalue weighted by Crippen LogP contribution is 2.39. The molecule has 4 rings (SSSR count). The lowest BCUT2D eigenvalue weighted by Gasteiger charge is -2.09. The van der Waals surface area contributed by atoms with Crippen molar-refractivity contribution >= 4 is 22.1 Å². The van der Waals surface area contributed by atoms with E-state index in [9.17, 15) is 0 Å². The molecule has 0 bridgehead atoms. The number of hydrogen-bond donors (Lipinski definition) is 0. The maximum absolute atomic E-state index is 5.60. The molecule has 4 aromatic rings. The van der Waals surface area contributed by atoms with Crippen molar-refractivity contribution in [3.05, 3.63) is 45.9 Å². The van der Waals surface area contributed by atoms with E-state index >= 15 is 0 Å². The van der Waals surface area contributed by atoms with Gasteiger partial charge in [0.1, 0.15) is 11.5 Å². The second-order valence-corrected chi connectivity index (χ2v) is 8.28. The number of methoxy groups -OCH3 is 2. The number of fused-ring (bicyclic) bond motifs is 1. The van der Waals surface area contributed by atoms with Crippen molar-refractivity contribution in [2.24, 2.45) is 0 Å². The molecule has 6 nitrogen and oxygen atoms in total. The van der Waals surface area contributed by atoms with E-state index in [1.807, 2.05) is 32.0 Å². The Labute approximate surface area is 174 Å². The predicted molar refractivity (Wildman–Crippen MR) is 117 cm³/mol. The summed E-state index contributed by atoms with van der Waals surface area (Å²) in [6, 6.07) is 5.82. The van der Waals surface area contributed by atoms with Crippen LogP contribution in [-0.4, -0.2) is 34.0 Å². The van der Waals surface area contributed by atoms with E-state index < -0.39 is 0 Å². The van der Waals surface area contributed by atoms with Gasteiger partial charge in [0, 0.05) is 38.7 Å². The summed E-state index contributed by atoms with van der Waals surface area (Å²) in [6.07, 6.45) is 0. The SMILES string of the molecule is COc1ccc(-c2nc(-n3c(C)c4c(C)nnc(C)c4c3C)sc2C)c(OC)c1. The molecule has 3 heterocycles. The monoisotopic (exact) mass is 408 g/mol. The average Bonchev–Trinajstić information content (AvgIpc) is 3.21. The maximum atomic E-state index is 5.60. The highest BCUT2D eigenvalue weighted by molar-refractivity contribution is 7.14. The lowest BCUT2D eigenvalue weighted by molar-refractivity contribution is 0.395. The lowest BCUT2D eigenvalue weighted by Crippen LogP contribution is -1.98. The molecule has 0 radical (unpaired) electrons. The van der Waals surface area contributed by atoms with Crippen molar-refractivity contribution in [1.29, 1.82) is 0 Å². The fourth-order valence-corrected chi connectivity index (χ4v) is 5.01. The van der Waals surface area contributed by atoms with Crippen molar-refractivity contribution in [2.75, 3.05) is 14.2 Å². The molecule has 0 amide bonds. The van der Waals surface area contributed by atoms with Crippen LogP contribution in [0.15, 0.2) is 18.2 Å². The van der Waals surface area contributed by atoms with Gasteiger partial charge in [0.05, 0.1) is 31.3 Å². The summed E-state index contributed by atoms with van der Waals surface area (Å²) in [7, 11) is 3.32. The zero-order chi connectivity index (χ0) is 20.9. The molecule has 3 aromatic heterocycles. The van der Waals surface area contributed by atoms with Gasteiger partial charge in [-0.3, -0.25) is 4.57 Å². The van der Waals surface area contributed by atoms with E-state index in [-0.39, 0.29) is 0 Å². The normalized spacial score (nSPS) is 11.3. The standard InChI is InChI=1S/C22H24N4O2S/c1-11-19-13(3)26(14(4)20(19)12(2)25-24-11)22-23-21(15(5)29-22)17-9-8-16(27-6)10-18(17)28-7/h8-10H,1-7H3. The first-order valence-electron chi connectivity index (χ1n) is 9.39. The van der Waals surface area contributed by atoms with Gasteiger partial charge in [-0.15, -0.1) is 11.3 Å². The minimum absolute atomic E-state index is 0.746. The van der Waals surface area contributed by atoms with Gasteiger partial charge in [0.25, 0.3) is 0 Å². The van der Waals surface area contributed by atoms with Gasteiger partial charge in [-0.2, -0.15) is 10.2 Å². The molecule has 0 aliphatic heterocycles. The summed E-state index contributed by atoms with van der Waals surface area (Å²) in [5, 5.41) is 11.9. The smallest absolute Gasteiger partial charge is 0.194 e. The molecule has 0 unspecified atom stereocenters. The largest absolute Gasteiger partial charge is 0.497 e. The Morgan fingerprint density at radius 2 is 1.48 bits per heavy atom. The zero-order valence-electron chi connectivity index (χ0n) is 17.7. The molecule has 0 atom stereocenters. The number of hydrogen-bond acceptors (Lipinski definition) is 6. The Kier molecular flexibility index (Phi) is 4.78. The minimum atomic E-state index is 0.746. The van der Waals surface area contributed by atoms with Crippen molar-refractivity contribution in [2.45, 2.75) is 34.6 Å². The summed E-state index contributed by atoms with van der Waals surface area (Å²) in [4.78, 5) is 6.14. The summed E-state index contributed by atoms with van der Waals surface area (Å²) in [6.45, 7) is 10.3. The minimum Gasteiger partial charge on any atom is -0.497 e. The highest BCUT2D eigenvalue weighted by Gasteiger charge is 2.21. The number of nitrogens with zero attached hydrogens (tertiary/aromatic N) is 4. The van der Waals surface area contributed by atoms with Crippen LogP contribution >= 0.6 is 11.3 Å². The Morgan fingerprint density at radius 3 is 2.03 bits per heavy atom. The molecule has 1 aromatic carbocycles. The first-order chi connectivity index (χ1) is 13.9. The van der Waals surface area contributed by atoms with Crippen molar-refractivity contribution in [3.63, 3.8) is 0 Å². The summed E-state index contributed by atoms with van der Waals surface area (Å²) in [5.74, 6) is 1.50. The van der Waals surface area contributed by atoms with Crippen LogP contribution < -0.4 is 9.47 Å². The Balaban J connectivity index is 1.93. The van der Waals surface area contributed by atoms with E-state index in [4.69, 9.17) is 14.5 Å². The van der Waals surface area contributed by atoms with Crippen molar-refractivity contribution in [3.8, 4) is 27.9 Å². The van der Waals surface area contributed by atoms with Crippen LogP contribution in [0.4, 0.5) is 0 Å². The van der Waals surface area contributed by atoms with Crippen LogP contribution in [0.1, 0.15) is 27.7 Å². The summed E-state index contributed by atoms with van der Waals surface area (Å²) in [5.41, 5.74) is 6.03. The molecular weight excluding hydrogens is 384 g/mol. The fraction of sp³-hybridized carbons (Fsp3) is 0.318. The first-order valence-corrected chi connectivity index (χ1v) is 10.2. The van der Waals surface area contributed by atoms with Gasteiger partial charge in [-0.1, -0.05) is 0 Å². The van der Waals surface area contributed by atoms with Crippen molar-refractivity contribution < 1.29 is 9.47 Å². The maximum Gasteiger partial charge on any atom is 0.194 e. The Morgan fingerprint density at radius 1 is 0.862 bits per heavy atom. The first kappa shape index (κ1) is 19.4. The number of benzene rings is 1. The molecular formula is C22H24N4O2S. The summed E-state index contributed by atoms with van der Waals surface area (Å²) >= 11 is 1.67.